The predicted molar refractivity (Wildman–Crippen MR) is 63.7 cm³/mol. The summed E-state index contributed by atoms with van der Waals surface area (Å²) in [6.07, 6.45) is 8.88. The first-order chi connectivity index (χ1) is 6.40. The molecule has 0 radical (unpaired) electrons. The molecule has 2 aromatic heterocycles. The molecule has 0 atom stereocenters. The number of imidazole rings is 1. The molecule has 4 nitrogen and oxygen atoms in total. The Balaban J connectivity index is 0.000000980. The molecule has 0 saturated carbocycles. The van der Waals surface area contributed by atoms with E-state index in [1.807, 2.05) is 16.8 Å². The number of aromatic nitrogens is 3. The number of rotatable bonds is 2. The molecule has 2 rings (SSSR count). The van der Waals surface area contributed by atoms with Crippen LogP contribution in [0, 0.1) is 0 Å². The summed E-state index contributed by atoms with van der Waals surface area (Å²) in [6.45, 7) is 0.509. The van der Waals surface area contributed by atoms with Crippen LogP contribution in [0.3, 0.4) is 0 Å². The van der Waals surface area contributed by atoms with Crippen LogP contribution in [0.15, 0.2) is 37.2 Å². The van der Waals surface area contributed by atoms with Crippen LogP contribution in [0.25, 0.3) is 5.69 Å². The fourth-order valence-electron chi connectivity index (χ4n) is 1.14. The highest BCUT2D eigenvalue weighted by Crippen LogP contribution is 2.07. The lowest BCUT2D eigenvalue weighted by Crippen LogP contribution is -1.99. The van der Waals surface area contributed by atoms with Gasteiger partial charge in [0.1, 0.15) is 0 Å². The molecule has 2 aromatic rings. The Morgan fingerprint density at radius 3 is 2.60 bits per heavy atom. The van der Waals surface area contributed by atoms with Crippen LogP contribution in [0.4, 0.5) is 0 Å². The zero-order chi connectivity index (χ0) is 9.10. The molecule has 15 heavy (non-hydrogen) atoms. The molecular formula is C9H12Cl2N4. The summed E-state index contributed by atoms with van der Waals surface area (Å²) >= 11 is 0. The molecule has 82 valence electrons. The van der Waals surface area contributed by atoms with Gasteiger partial charge in [0.25, 0.3) is 0 Å². The first-order valence-electron chi connectivity index (χ1n) is 4.02. The molecular weight excluding hydrogens is 235 g/mol. The average molecular weight is 247 g/mol. The van der Waals surface area contributed by atoms with Gasteiger partial charge in [0, 0.05) is 25.1 Å². The molecule has 0 fully saturated rings. The molecule has 0 amide bonds. The first-order valence-corrected chi connectivity index (χ1v) is 4.02. The van der Waals surface area contributed by atoms with Crippen LogP contribution in [-0.4, -0.2) is 14.5 Å². The summed E-state index contributed by atoms with van der Waals surface area (Å²) in [5.41, 5.74) is 7.51. The second kappa shape index (κ2) is 6.40. The third-order valence-electron chi connectivity index (χ3n) is 1.82. The van der Waals surface area contributed by atoms with Crippen LogP contribution < -0.4 is 5.73 Å². The van der Waals surface area contributed by atoms with E-state index in [4.69, 9.17) is 5.73 Å². The minimum atomic E-state index is 0. The fourth-order valence-corrected chi connectivity index (χ4v) is 1.14. The lowest BCUT2D eigenvalue weighted by Gasteiger charge is -2.02. The van der Waals surface area contributed by atoms with Crippen molar-refractivity contribution in [2.75, 3.05) is 0 Å². The van der Waals surface area contributed by atoms with E-state index in [2.05, 4.69) is 9.97 Å². The van der Waals surface area contributed by atoms with Gasteiger partial charge >= 0.3 is 0 Å². The highest BCUT2D eigenvalue weighted by atomic mass is 35.5. The highest BCUT2D eigenvalue weighted by molar-refractivity contribution is 5.85. The molecule has 0 bridgehead atoms. The van der Waals surface area contributed by atoms with E-state index in [-0.39, 0.29) is 24.8 Å². The third kappa shape index (κ3) is 3.20. The summed E-state index contributed by atoms with van der Waals surface area (Å²) in [7, 11) is 0. The summed E-state index contributed by atoms with van der Waals surface area (Å²) < 4.78 is 1.90. The van der Waals surface area contributed by atoms with Crippen molar-refractivity contribution in [2.45, 2.75) is 6.54 Å². The van der Waals surface area contributed by atoms with Crippen molar-refractivity contribution in [3.63, 3.8) is 0 Å². The van der Waals surface area contributed by atoms with Gasteiger partial charge in [-0.1, -0.05) is 0 Å². The molecule has 0 aromatic carbocycles. The van der Waals surface area contributed by atoms with Crippen molar-refractivity contribution in [3.05, 3.63) is 42.7 Å². The minimum Gasteiger partial charge on any atom is -0.326 e. The van der Waals surface area contributed by atoms with Crippen molar-refractivity contribution < 1.29 is 0 Å². The van der Waals surface area contributed by atoms with Crippen LogP contribution >= 0.6 is 24.8 Å². The van der Waals surface area contributed by atoms with Crippen molar-refractivity contribution >= 4 is 24.8 Å². The normalized spacial score (nSPS) is 8.87. The SMILES string of the molecule is Cl.Cl.NCc1cncc(-n2ccnc2)c1. The van der Waals surface area contributed by atoms with Crippen LogP contribution in [0.5, 0.6) is 0 Å². The van der Waals surface area contributed by atoms with Gasteiger partial charge in [-0.15, -0.1) is 24.8 Å². The molecule has 0 saturated heterocycles. The van der Waals surface area contributed by atoms with Gasteiger partial charge < -0.3 is 10.3 Å². The van der Waals surface area contributed by atoms with Crippen molar-refractivity contribution in [3.8, 4) is 5.69 Å². The number of hydrogen-bond acceptors (Lipinski definition) is 3. The maximum atomic E-state index is 5.51. The maximum absolute atomic E-state index is 5.51. The van der Waals surface area contributed by atoms with Crippen molar-refractivity contribution in [2.24, 2.45) is 5.73 Å². The summed E-state index contributed by atoms with van der Waals surface area (Å²) in [5, 5.41) is 0. The van der Waals surface area contributed by atoms with Gasteiger partial charge in [0.2, 0.25) is 0 Å². The van der Waals surface area contributed by atoms with Crippen molar-refractivity contribution in [1.29, 1.82) is 0 Å². The van der Waals surface area contributed by atoms with Crippen molar-refractivity contribution in [1.82, 2.24) is 14.5 Å². The number of nitrogens with two attached hydrogens (primary N) is 1. The third-order valence-corrected chi connectivity index (χ3v) is 1.82. The Hall–Kier alpha value is -1.10. The van der Waals surface area contributed by atoms with Gasteiger partial charge in [-0.05, 0) is 11.6 Å². The Morgan fingerprint density at radius 1 is 1.20 bits per heavy atom. The lowest BCUT2D eigenvalue weighted by atomic mass is 10.2. The molecule has 0 spiro atoms. The van der Waals surface area contributed by atoms with E-state index < -0.39 is 0 Å². The molecule has 0 aliphatic heterocycles. The standard InChI is InChI=1S/C9H10N4.2ClH/c10-4-8-3-9(6-12-5-8)13-2-1-11-7-13;;/h1-3,5-7H,4,10H2;2*1H. The number of halogens is 2. The maximum Gasteiger partial charge on any atom is 0.0992 e. The molecule has 0 aliphatic carbocycles. The zero-order valence-electron chi connectivity index (χ0n) is 7.91. The predicted octanol–water partition coefficient (Wildman–Crippen LogP) is 1.57. The van der Waals surface area contributed by atoms with Crippen LogP contribution in [0.2, 0.25) is 0 Å². The molecule has 0 aliphatic rings. The first kappa shape index (κ1) is 13.9. The Kier molecular flexibility index (Phi) is 5.93. The Morgan fingerprint density at radius 2 is 2.00 bits per heavy atom. The molecule has 2 heterocycles. The van der Waals surface area contributed by atoms with E-state index in [0.717, 1.165) is 11.3 Å². The second-order valence-electron chi connectivity index (χ2n) is 2.73. The Bertz CT molecular complexity index is 389. The second-order valence-corrected chi connectivity index (χ2v) is 2.73. The van der Waals surface area contributed by atoms with Gasteiger partial charge in [-0.25, -0.2) is 4.98 Å². The quantitative estimate of drug-likeness (QED) is 0.876. The Labute approximate surface area is 100 Å². The van der Waals surface area contributed by atoms with Gasteiger partial charge in [-0.2, -0.15) is 0 Å². The smallest absolute Gasteiger partial charge is 0.0992 e. The topological polar surface area (TPSA) is 56.7 Å². The largest absolute Gasteiger partial charge is 0.326 e. The van der Waals surface area contributed by atoms with Gasteiger partial charge in [0.15, 0.2) is 0 Å². The minimum absolute atomic E-state index is 0. The molecule has 2 N–H and O–H groups in total. The van der Waals surface area contributed by atoms with Gasteiger partial charge in [-0.3, -0.25) is 4.98 Å². The van der Waals surface area contributed by atoms with E-state index >= 15 is 0 Å². The van der Waals surface area contributed by atoms with E-state index in [9.17, 15) is 0 Å². The molecule has 0 unspecified atom stereocenters. The molecule has 6 heteroatoms. The van der Waals surface area contributed by atoms with Crippen LogP contribution in [-0.2, 0) is 6.54 Å². The van der Waals surface area contributed by atoms with E-state index in [1.165, 1.54) is 0 Å². The lowest BCUT2D eigenvalue weighted by molar-refractivity contribution is 0.996. The number of pyridine rings is 1. The summed E-state index contributed by atoms with van der Waals surface area (Å²) in [4.78, 5) is 8.04. The van der Waals surface area contributed by atoms with E-state index in [1.54, 1.807) is 24.9 Å². The monoisotopic (exact) mass is 246 g/mol. The van der Waals surface area contributed by atoms with Gasteiger partial charge in [0.05, 0.1) is 18.2 Å². The zero-order valence-corrected chi connectivity index (χ0v) is 9.54. The summed E-state index contributed by atoms with van der Waals surface area (Å²) in [5.74, 6) is 0. The van der Waals surface area contributed by atoms with E-state index in [0.29, 0.717) is 6.54 Å². The average Bonchev–Trinajstić information content (AvgIpc) is 2.71. The highest BCUT2D eigenvalue weighted by Gasteiger charge is 1.96. The fraction of sp³-hybridized carbons (Fsp3) is 0.111. The number of nitrogens with zero attached hydrogens (tertiary/aromatic N) is 3. The number of hydrogen-bond donors (Lipinski definition) is 1. The summed E-state index contributed by atoms with van der Waals surface area (Å²) in [6, 6.07) is 1.99. The van der Waals surface area contributed by atoms with Crippen LogP contribution in [0.1, 0.15) is 5.56 Å².